The van der Waals surface area contributed by atoms with Crippen molar-refractivity contribution < 1.29 is 9.35 Å². The molecule has 0 aliphatic rings. The first-order valence-corrected chi connectivity index (χ1v) is 8.06. The summed E-state index contributed by atoms with van der Waals surface area (Å²) in [6.07, 6.45) is 1.61. The van der Waals surface area contributed by atoms with Gasteiger partial charge in [-0.05, 0) is 60.4 Å². The monoisotopic (exact) mass is 302 g/mol. The summed E-state index contributed by atoms with van der Waals surface area (Å²) >= 11 is -1.08. The van der Waals surface area contributed by atoms with Crippen molar-refractivity contribution >= 4 is 28.5 Å². The topological polar surface area (TPSA) is 78.2 Å². The van der Waals surface area contributed by atoms with Crippen LogP contribution in [0, 0.1) is 13.8 Å². The molecule has 0 bridgehead atoms. The van der Waals surface area contributed by atoms with Crippen LogP contribution in [-0.2, 0) is 11.2 Å². The van der Waals surface area contributed by atoms with E-state index >= 15 is 0 Å². The van der Waals surface area contributed by atoms with Gasteiger partial charge in [-0.2, -0.15) is 0 Å². The highest BCUT2D eigenvalue weighted by atomic mass is 32.2. The highest BCUT2D eigenvalue weighted by Crippen LogP contribution is 2.21. The van der Waals surface area contributed by atoms with Crippen molar-refractivity contribution in [3.8, 4) is 0 Å². The molecule has 1 amide bonds. The summed E-state index contributed by atoms with van der Waals surface area (Å²) in [7, 11) is 0. The zero-order chi connectivity index (χ0) is 15.6. The first-order chi connectivity index (χ1) is 9.88. The number of nitrogen functional groups attached to an aromatic ring is 1. The van der Waals surface area contributed by atoms with Crippen LogP contribution in [0.3, 0.4) is 0 Å². The summed E-state index contributed by atoms with van der Waals surface area (Å²) in [5, 5.41) is 2.84. The molecule has 0 saturated carbocycles. The maximum atomic E-state index is 12.4. The van der Waals surface area contributed by atoms with Crippen LogP contribution in [0.2, 0.25) is 0 Å². The quantitative estimate of drug-likeness (QED) is 0.676. The smallest absolute Gasteiger partial charge is 0.256 e. The van der Waals surface area contributed by atoms with E-state index in [2.05, 4.69) is 5.32 Å². The van der Waals surface area contributed by atoms with E-state index in [-0.39, 0.29) is 5.91 Å². The van der Waals surface area contributed by atoms with Gasteiger partial charge in [-0.25, -0.2) is 0 Å². The fourth-order valence-corrected chi connectivity index (χ4v) is 2.86. The highest BCUT2D eigenvalue weighted by Gasteiger charge is 2.14. The lowest BCUT2D eigenvalue weighted by molar-refractivity contribution is 0.102. The number of rotatable bonds is 3. The molecule has 1 unspecified atom stereocenters. The van der Waals surface area contributed by atoms with Gasteiger partial charge in [0.2, 0.25) is 0 Å². The molecular weight excluding hydrogens is 284 g/mol. The van der Waals surface area contributed by atoms with Crippen LogP contribution in [0.5, 0.6) is 0 Å². The number of nitrogens with two attached hydrogens (primary N) is 1. The Morgan fingerprint density at radius 1 is 1.19 bits per heavy atom. The van der Waals surface area contributed by atoms with E-state index in [1.54, 1.807) is 42.7 Å². The molecule has 0 saturated heterocycles. The molecule has 1 atom stereocenters. The number of aryl methyl sites for hydroxylation is 2. The molecular formula is C16H18N2O2S. The number of carbonyl (C=O) groups is 1. The largest absolute Gasteiger partial charge is 0.612 e. The molecule has 0 aromatic heterocycles. The number of hydrogen-bond acceptors (Lipinski definition) is 3. The third-order valence-corrected chi connectivity index (χ3v) is 4.12. The van der Waals surface area contributed by atoms with Gasteiger partial charge >= 0.3 is 0 Å². The van der Waals surface area contributed by atoms with Crippen LogP contribution < -0.4 is 11.1 Å². The van der Waals surface area contributed by atoms with Crippen LogP contribution in [0.4, 0.5) is 11.4 Å². The lowest BCUT2D eigenvalue weighted by atomic mass is 10.0. The van der Waals surface area contributed by atoms with Crippen molar-refractivity contribution in [1.29, 1.82) is 0 Å². The van der Waals surface area contributed by atoms with Crippen molar-refractivity contribution in [3.63, 3.8) is 0 Å². The van der Waals surface area contributed by atoms with Gasteiger partial charge < -0.3 is 15.6 Å². The second-order valence-electron chi connectivity index (χ2n) is 4.97. The van der Waals surface area contributed by atoms with Crippen LogP contribution in [0.25, 0.3) is 0 Å². The number of carbonyl (C=O) groups excluding carboxylic acids is 1. The number of benzene rings is 2. The van der Waals surface area contributed by atoms with Crippen molar-refractivity contribution in [2.45, 2.75) is 18.7 Å². The van der Waals surface area contributed by atoms with Crippen molar-refractivity contribution in [1.82, 2.24) is 0 Å². The summed E-state index contributed by atoms with van der Waals surface area (Å²) in [6.45, 7) is 3.71. The van der Waals surface area contributed by atoms with Crippen LogP contribution in [-0.4, -0.2) is 16.7 Å². The molecule has 0 spiro atoms. The van der Waals surface area contributed by atoms with Crippen molar-refractivity contribution in [2.24, 2.45) is 0 Å². The van der Waals surface area contributed by atoms with Gasteiger partial charge in [-0.15, -0.1) is 0 Å². The zero-order valence-electron chi connectivity index (χ0n) is 12.3. The standard InChI is InChI=1S/C16H18N2O2S/c1-10-7-12(17)8-11(2)15(10)16(19)18-13-5-4-6-14(9-13)21(3)20/h4-9H,17H2,1-3H3,(H,18,19). The van der Waals surface area contributed by atoms with Crippen molar-refractivity contribution in [3.05, 3.63) is 53.1 Å². The molecule has 0 radical (unpaired) electrons. The number of nitrogens with one attached hydrogen (secondary N) is 1. The third kappa shape index (κ3) is 3.56. The van der Waals surface area contributed by atoms with E-state index in [4.69, 9.17) is 5.73 Å². The molecule has 2 rings (SSSR count). The summed E-state index contributed by atoms with van der Waals surface area (Å²) < 4.78 is 11.5. The maximum Gasteiger partial charge on any atom is 0.256 e. The minimum Gasteiger partial charge on any atom is -0.612 e. The minimum absolute atomic E-state index is 0.191. The van der Waals surface area contributed by atoms with E-state index in [1.165, 1.54) is 0 Å². The summed E-state index contributed by atoms with van der Waals surface area (Å²) in [4.78, 5) is 13.1. The highest BCUT2D eigenvalue weighted by molar-refractivity contribution is 7.90. The van der Waals surface area contributed by atoms with E-state index in [0.29, 0.717) is 21.8 Å². The number of hydrogen-bond donors (Lipinski definition) is 2. The Hall–Kier alpha value is -1.98. The molecule has 21 heavy (non-hydrogen) atoms. The van der Waals surface area contributed by atoms with Gasteiger partial charge in [-0.1, -0.05) is 6.07 Å². The molecule has 0 aliphatic carbocycles. The van der Waals surface area contributed by atoms with Gasteiger partial charge in [-0.3, -0.25) is 4.79 Å². The molecule has 3 N–H and O–H groups in total. The Balaban J connectivity index is 2.28. The predicted octanol–water partition coefficient (Wildman–Crippen LogP) is 2.88. The molecule has 4 nitrogen and oxygen atoms in total. The summed E-state index contributed by atoms with van der Waals surface area (Å²) in [5.41, 5.74) is 9.33. The first kappa shape index (κ1) is 15.4. The van der Waals surface area contributed by atoms with Gasteiger partial charge in [0, 0.05) is 23.0 Å². The second-order valence-corrected chi connectivity index (χ2v) is 6.35. The Morgan fingerprint density at radius 2 is 1.81 bits per heavy atom. The normalized spacial score (nSPS) is 12.0. The molecule has 0 aliphatic heterocycles. The SMILES string of the molecule is Cc1cc(N)cc(C)c1C(=O)Nc1cccc([S+](C)[O-])c1. The van der Waals surface area contributed by atoms with E-state index in [1.807, 2.05) is 13.8 Å². The van der Waals surface area contributed by atoms with Gasteiger partial charge in [0.25, 0.3) is 5.91 Å². The van der Waals surface area contributed by atoms with E-state index < -0.39 is 11.2 Å². The summed E-state index contributed by atoms with van der Waals surface area (Å²) in [5.74, 6) is -0.191. The van der Waals surface area contributed by atoms with Crippen molar-refractivity contribution in [2.75, 3.05) is 17.3 Å². The van der Waals surface area contributed by atoms with Gasteiger partial charge in [0.1, 0.15) is 6.26 Å². The Morgan fingerprint density at radius 3 is 2.38 bits per heavy atom. The molecule has 0 heterocycles. The molecule has 110 valence electrons. The Bertz CT molecular complexity index is 661. The number of anilines is 2. The predicted molar refractivity (Wildman–Crippen MR) is 87.1 cm³/mol. The lowest BCUT2D eigenvalue weighted by Crippen LogP contribution is -2.15. The van der Waals surface area contributed by atoms with Gasteiger partial charge in [0.05, 0.1) is 0 Å². The second kappa shape index (κ2) is 6.20. The summed E-state index contributed by atoms with van der Waals surface area (Å²) in [6, 6.07) is 10.6. The molecule has 2 aromatic carbocycles. The number of amides is 1. The molecule has 0 fully saturated rings. The van der Waals surface area contributed by atoms with Gasteiger partial charge in [0.15, 0.2) is 4.90 Å². The molecule has 5 heteroatoms. The fourth-order valence-electron chi connectivity index (χ4n) is 2.30. The zero-order valence-corrected chi connectivity index (χ0v) is 13.1. The molecule has 2 aromatic rings. The first-order valence-electron chi connectivity index (χ1n) is 6.50. The maximum absolute atomic E-state index is 12.4. The van der Waals surface area contributed by atoms with Crippen LogP contribution in [0.1, 0.15) is 21.5 Å². The van der Waals surface area contributed by atoms with Crippen LogP contribution >= 0.6 is 0 Å². The lowest BCUT2D eigenvalue weighted by Gasteiger charge is -2.12. The average molecular weight is 302 g/mol. The van der Waals surface area contributed by atoms with E-state index in [9.17, 15) is 9.35 Å². The Labute approximate surface area is 127 Å². The average Bonchev–Trinajstić information content (AvgIpc) is 2.37. The Kier molecular flexibility index (Phi) is 4.55. The van der Waals surface area contributed by atoms with Crippen LogP contribution in [0.15, 0.2) is 41.3 Å². The van der Waals surface area contributed by atoms with E-state index in [0.717, 1.165) is 11.1 Å². The fraction of sp³-hybridized carbons (Fsp3) is 0.188. The third-order valence-electron chi connectivity index (χ3n) is 3.21. The minimum atomic E-state index is -1.08.